The van der Waals surface area contributed by atoms with E-state index in [9.17, 15) is 14.0 Å². The van der Waals surface area contributed by atoms with Crippen LogP contribution in [0, 0.1) is 5.82 Å². The molecular formula is C21H16FNO3. The summed E-state index contributed by atoms with van der Waals surface area (Å²) in [6.45, 7) is 1.34. The molecule has 0 fully saturated rings. The van der Waals surface area contributed by atoms with Crippen LogP contribution in [0.25, 0.3) is 0 Å². The lowest BCUT2D eigenvalue weighted by Gasteiger charge is -2.12. The summed E-state index contributed by atoms with van der Waals surface area (Å²) in [6.07, 6.45) is 0. The van der Waals surface area contributed by atoms with Crippen molar-refractivity contribution in [1.29, 1.82) is 0 Å². The minimum absolute atomic E-state index is 0.0348. The number of nitrogens with one attached hydrogen (secondary N) is 1. The Morgan fingerprint density at radius 2 is 1.58 bits per heavy atom. The molecular weight excluding hydrogens is 333 g/mol. The van der Waals surface area contributed by atoms with E-state index in [2.05, 4.69) is 5.32 Å². The van der Waals surface area contributed by atoms with Crippen molar-refractivity contribution in [3.05, 3.63) is 89.7 Å². The first-order chi connectivity index (χ1) is 12.5. The van der Waals surface area contributed by atoms with Gasteiger partial charge in [0, 0.05) is 24.2 Å². The van der Waals surface area contributed by atoms with Gasteiger partial charge >= 0.3 is 0 Å². The first-order valence-electron chi connectivity index (χ1n) is 7.98. The molecule has 3 aromatic carbocycles. The number of ether oxygens (including phenoxy) is 1. The molecule has 0 aliphatic rings. The molecule has 3 rings (SSSR count). The van der Waals surface area contributed by atoms with Crippen molar-refractivity contribution in [2.24, 2.45) is 0 Å². The van der Waals surface area contributed by atoms with E-state index in [1.807, 2.05) is 6.07 Å². The van der Waals surface area contributed by atoms with Crippen LogP contribution in [-0.4, -0.2) is 11.7 Å². The van der Waals surface area contributed by atoms with Crippen molar-refractivity contribution in [2.75, 3.05) is 5.32 Å². The van der Waals surface area contributed by atoms with E-state index in [-0.39, 0.29) is 23.2 Å². The van der Waals surface area contributed by atoms with Crippen molar-refractivity contribution in [3.8, 4) is 11.5 Å². The van der Waals surface area contributed by atoms with Gasteiger partial charge in [0.05, 0.1) is 5.56 Å². The lowest BCUT2D eigenvalue weighted by Crippen LogP contribution is -2.06. The summed E-state index contributed by atoms with van der Waals surface area (Å²) in [5.74, 6) is -0.925. The number of halogens is 1. The highest BCUT2D eigenvalue weighted by Gasteiger charge is 2.16. The van der Waals surface area contributed by atoms with Crippen LogP contribution in [0.15, 0.2) is 72.8 Å². The average Bonchev–Trinajstić information content (AvgIpc) is 2.64. The van der Waals surface area contributed by atoms with Gasteiger partial charge < -0.3 is 10.1 Å². The molecule has 0 aromatic heterocycles. The van der Waals surface area contributed by atoms with E-state index in [4.69, 9.17) is 4.74 Å². The molecule has 0 heterocycles. The van der Waals surface area contributed by atoms with Crippen molar-refractivity contribution in [3.63, 3.8) is 0 Å². The van der Waals surface area contributed by atoms with Gasteiger partial charge in [-0.15, -0.1) is 0 Å². The van der Waals surface area contributed by atoms with E-state index in [0.717, 1.165) is 0 Å². The maximum atomic E-state index is 14.3. The fourth-order valence-electron chi connectivity index (χ4n) is 2.47. The lowest BCUT2D eigenvalue weighted by molar-refractivity contribution is -0.114. The van der Waals surface area contributed by atoms with Gasteiger partial charge in [0.15, 0.2) is 17.3 Å². The number of benzene rings is 3. The number of rotatable bonds is 5. The Hall–Kier alpha value is -3.47. The summed E-state index contributed by atoms with van der Waals surface area (Å²) in [7, 11) is 0. The third kappa shape index (κ3) is 3.95. The van der Waals surface area contributed by atoms with Crippen LogP contribution in [0.4, 0.5) is 10.1 Å². The number of hydrogen-bond acceptors (Lipinski definition) is 3. The van der Waals surface area contributed by atoms with Crippen LogP contribution < -0.4 is 10.1 Å². The fraction of sp³-hybridized carbons (Fsp3) is 0.0476. The molecule has 5 heteroatoms. The summed E-state index contributed by atoms with van der Waals surface area (Å²) in [6, 6.07) is 19.6. The third-order valence-corrected chi connectivity index (χ3v) is 3.64. The largest absolute Gasteiger partial charge is 0.454 e. The number of para-hydroxylation sites is 1. The van der Waals surface area contributed by atoms with Crippen molar-refractivity contribution < 1.29 is 18.7 Å². The van der Waals surface area contributed by atoms with E-state index in [1.165, 1.54) is 25.1 Å². The molecule has 1 N–H and O–H groups in total. The predicted molar refractivity (Wildman–Crippen MR) is 97.1 cm³/mol. The highest BCUT2D eigenvalue weighted by atomic mass is 19.1. The molecule has 0 saturated carbocycles. The first-order valence-corrected chi connectivity index (χ1v) is 7.98. The molecule has 0 radical (unpaired) electrons. The molecule has 0 aliphatic carbocycles. The van der Waals surface area contributed by atoms with Gasteiger partial charge in [-0.1, -0.05) is 42.5 Å². The number of carbonyl (C=O) groups is 2. The monoisotopic (exact) mass is 349 g/mol. The number of amides is 1. The maximum absolute atomic E-state index is 14.3. The Morgan fingerprint density at radius 3 is 2.27 bits per heavy atom. The molecule has 0 aliphatic heterocycles. The van der Waals surface area contributed by atoms with Gasteiger partial charge in [-0.3, -0.25) is 9.59 Å². The smallest absolute Gasteiger partial charge is 0.221 e. The molecule has 0 saturated heterocycles. The summed E-state index contributed by atoms with van der Waals surface area (Å²) in [5.41, 5.74) is 1.19. The van der Waals surface area contributed by atoms with Crippen molar-refractivity contribution in [1.82, 2.24) is 0 Å². The van der Waals surface area contributed by atoms with E-state index < -0.39 is 5.82 Å². The number of hydrogen-bond donors (Lipinski definition) is 1. The first kappa shape index (κ1) is 17.4. The van der Waals surface area contributed by atoms with Crippen LogP contribution in [-0.2, 0) is 4.79 Å². The fourth-order valence-corrected chi connectivity index (χ4v) is 2.47. The Morgan fingerprint density at radius 1 is 0.885 bits per heavy atom. The molecule has 1 amide bonds. The second-order valence-electron chi connectivity index (χ2n) is 5.62. The van der Waals surface area contributed by atoms with Gasteiger partial charge in [0.1, 0.15) is 5.75 Å². The molecule has 26 heavy (non-hydrogen) atoms. The van der Waals surface area contributed by atoms with Crippen LogP contribution in [0.5, 0.6) is 11.5 Å². The Labute approximate surface area is 150 Å². The van der Waals surface area contributed by atoms with Gasteiger partial charge in [0.25, 0.3) is 0 Å². The zero-order chi connectivity index (χ0) is 18.5. The SMILES string of the molecule is CC(=O)Nc1ccc(Oc2ccccc2C(=O)c2ccccc2)c(F)c1. The molecule has 0 unspecified atom stereocenters. The average molecular weight is 349 g/mol. The Bertz CT molecular complexity index is 954. The molecule has 0 bridgehead atoms. The second-order valence-corrected chi connectivity index (χ2v) is 5.62. The summed E-state index contributed by atoms with van der Waals surface area (Å²) < 4.78 is 19.9. The van der Waals surface area contributed by atoms with E-state index >= 15 is 0 Å². The van der Waals surface area contributed by atoms with Crippen LogP contribution in [0.1, 0.15) is 22.8 Å². The predicted octanol–water partition coefficient (Wildman–Crippen LogP) is 4.81. The molecule has 0 atom stereocenters. The quantitative estimate of drug-likeness (QED) is 0.673. The van der Waals surface area contributed by atoms with Crippen LogP contribution in [0.2, 0.25) is 0 Å². The lowest BCUT2D eigenvalue weighted by atomic mass is 10.0. The van der Waals surface area contributed by atoms with Crippen LogP contribution >= 0.6 is 0 Å². The second kappa shape index (κ2) is 7.61. The molecule has 3 aromatic rings. The zero-order valence-corrected chi connectivity index (χ0v) is 14.0. The van der Waals surface area contributed by atoms with E-state index in [0.29, 0.717) is 16.8 Å². The van der Waals surface area contributed by atoms with Crippen molar-refractivity contribution >= 4 is 17.4 Å². The van der Waals surface area contributed by atoms with Gasteiger partial charge in [0.2, 0.25) is 5.91 Å². The zero-order valence-electron chi connectivity index (χ0n) is 14.0. The molecule has 130 valence electrons. The minimum Gasteiger partial charge on any atom is -0.454 e. The number of ketones is 1. The Kier molecular flexibility index (Phi) is 5.08. The van der Waals surface area contributed by atoms with Gasteiger partial charge in [-0.25, -0.2) is 4.39 Å². The van der Waals surface area contributed by atoms with Gasteiger partial charge in [-0.05, 0) is 24.3 Å². The number of anilines is 1. The minimum atomic E-state index is -0.641. The maximum Gasteiger partial charge on any atom is 0.221 e. The normalized spacial score (nSPS) is 10.2. The summed E-state index contributed by atoms with van der Waals surface area (Å²) in [4.78, 5) is 23.7. The highest BCUT2D eigenvalue weighted by molar-refractivity contribution is 6.10. The van der Waals surface area contributed by atoms with Crippen molar-refractivity contribution in [2.45, 2.75) is 6.92 Å². The standard InChI is InChI=1S/C21H16FNO3/c1-14(24)23-16-11-12-20(18(22)13-16)26-19-10-6-5-9-17(19)21(25)15-7-3-2-4-8-15/h2-13H,1H3,(H,23,24). The summed E-state index contributed by atoms with van der Waals surface area (Å²) >= 11 is 0. The molecule has 0 spiro atoms. The van der Waals surface area contributed by atoms with Crippen LogP contribution in [0.3, 0.4) is 0 Å². The Balaban J connectivity index is 1.90. The third-order valence-electron chi connectivity index (χ3n) is 3.64. The topological polar surface area (TPSA) is 55.4 Å². The summed E-state index contributed by atoms with van der Waals surface area (Å²) in [5, 5.41) is 2.50. The highest BCUT2D eigenvalue weighted by Crippen LogP contribution is 2.30. The number of carbonyl (C=O) groups excluding carboxylic acids is 2. The molecule has 4 nitrogen and oxygen atoms in total. The van der Waals surface area contributed by atoms with Gasteiger partial charge in [-0.2, -0.15) is 0 Å². The van der Waals surface area contributed by atoms with E-state index in [1.54, 1.807) is 48.5 Å².